The second kappa shape index (κ2) is 6.27. The molecule has 1 aromatic carbocycles. The molecule has 1 N–H and O–H groups in total. The van der Waals surface area contributed by atoms with Gasteiger partial charge in [0.25, 0.3) is 0 Å². The third kappa shape index (κ3) is 3.83. The maximum Gasteiger partial charge on any atom is 0.154 e. The highest BCUT2D eigenvalue weighted by Gasteiger charge is 2.39. The number of hydrogen-bond acceptors (Lipinski definition) is 3. The second-order valence-corrected chi connectivity index (χ2v) is 8.78. The standard InChI is InChI=1S/C16H27NO2S/c1-7-8-17-15(16(4,5)20(6,18)19)14-10-12(2)9-13(3)11-14/h9-11,15,17H,7-8H2,1-6H3. The van der Waals surface area contributed by atoms with E-state index in [1.807, 2.05) is 13.8 Å². The number of sulfone groups is 1. The molecule has 3 nitrogen and oxygen atoms in total. The van der Waals surface area contributed by atoms with Gasteiger partial charge in [-0.25, -0.2) is 8.42 Å². The van der Waals surface area contributed by atoms with Crippen LogP contribution in [0.2, 0.25) is 0 Å². The van der Waals surface area contributed by atoms with Gasteiger partial charge in [0.15, 0.2) is 9.84 Å². The van der Waals surface area contributed by atoms with E-state index in [4.69, 9.17) is 0 Å². The quantitative estimate of drug-likeness (QED) is 0.877. The van der Waals surface area contributed by atoms with Gasteiger partial charge in [-0.3, -0.25) is 0 Å². The fourth-order valence-corrected chi connectivity index (χ4v) is 3.09. The first-order valence-electron chi connectivity index (χ1n) is 7.10. The zero-order valence-electron chi connectivity index (χ0n) is 13.4. The number of benzene rings is 1. The Labute approximate surface area is 123 Å². The monoisotopic (exact) mass is 297 g/mol. The van der Waals surface area contributed by atoms with Crippen LogP contribution in [0, 0.1) is 13.8 Å². The van der Waals surface area contributed by atoms with Crippen molar-refractivity contribution in [1.82, 2.24) is 5.32 Å². The lowest BCUT2D eigenvalue weighted by Gasteiger charge is -2.34. The van der Waals surface area contributed by atoms with Crippen LogP contribution in [-0.4, -0.2) is 26.0 Å². The lowest BCUT2D eigenvalue weighted by Crippen LogP contribution is -2.45. The third-order valence-electron chi connectivity index (χ3n) is 3.83. The van der Waals surface area contributed by atoms with Gasteiger partial charge in [-0.2, -0.15) is 0 Å². The van der Waals surface area contributed by atoms with Crippen molar-refractivity contribution in [1.29, 1.82) is 0 Å². The van der Waals surface area contributed by atoms with Gasteiger partial charge >= 0.3 is 0 Å². The van der Waals surface area contributed by atoms with Crippen LogP contribution in [0.3, 0.4) is 0 Å². The van der Waals surface area contributed by atoms with Gasteiger partial charge in [0, 0.05) is 6.26 Å². The summed E-state index contributed by atoms with van der Waals surface area (Å²) in [7, 11) is -3.17. The summed E-state index contributed by atoms with van der Waals surface area (Å²) < 4.78 is 23.5. The molecule has 0 aliphatic heterocycles. The molecule has 0 saturated heterocycles. The smallest absolute Gasteiger partial charge is 0.154 e. The summed E-state index contributed by atoms with van der Waals surface area (Å²) in [5.41, 5.74) is 3.37. The highest BCUT2D eigenvalue weighted by atomic mass is 32.2. The summed E-state index contributed by atoms with van der Waals surface area (Å²) in [6.45, 7) is 10.6. The Balaban J connectivity index is 3.32. The molecule has 1 atom stereocenters. The van der Waals surface area contributed by atoms with E-state index in [1.54, 1.807) is 13.8 Å². The first kappa shape index (κ1) is 17.2. The molecule has 114 valence electrons. The van der Waals surface area contributed by atoms with Crippen molar-refractivity contribution in [2.75, 3.05) is 12.8 Å². The molecule has 20 heavy (non-hydrogen) atoms. The van der Waals surface area contributed by atoms with Crippen molar-refractivity contribution in [2.24, 2.45) is 0 Å². The van der Waals surface area contributed by atoms with Crippen molar-refractivity contribution in [2.45, 2.75) is 51.8 Å². The van der Waals surface area contributed by atoms with E-state index in [0.717, 1.165) is 29.7 Å². The zero-order valence-corrected chi connectivity index (χ0v) is 14.3. The summed E-state index contributed by atoms with van der Waals surface area (Å²) in [4.78, 5) is 0. The fraction of sp³-hybridized carbons (Fsp3) is 0.625. The average Bonchev–Trinajstić information content (AvgIpc) is 2.26. The first-order valence-corrected chi connectivity index (χ1v) is 9.00. The third-order valence-corrected chi connectivity index (χ3v) is 5.97. The highest BCUT2D eigenvalue weighted by molar-refractivity contribution is 7.92. The van der Waals surface area contributed by atoms with E-state index >= 15 is 0 Å². The number of rotatable bonds is 6. The molecule has 0 radical (unpaired) electrons. The molecule has 0 heterocycles. The molecule has 1 unspecified atom stereocenters. The number of hydrogen-bond donors (Lipinski definition) is 1. The molecule has 0 amide bonds. The second-order valence-electron chi connectivity index (χ2n) is 6.18. The van der Waals surface area contributed by atoms with Crippen LogP contribution in [-0.2, 0) is 9.84 Å². The molecular weight excluding hydrogens is 270 g/mol. The van der Waals surface area contributed by atoms with Crippen molar-refractivity contribution in [3.63, 3.8) is 0 Å². The van der Waals surface area contributed by atoms with Crippen LogP contribution in [0.4, 0.5) is 0 Å². The van der Waals surface area contributed by atoms with Gasteiger partial charge in [0.05, 0.1) is 10.8 Å². The number of aryl methyl sites for hydroxylation is 2. The van der Waals surface area contributed by atoms with Crippen LogP contribution in [0.15, 0.2) is 18.2 Å². The Hall–Kier alpha value is -0.870. The molecular formula is C16H27NO2S. The lowest BCUT2D eigenvalue weighted by molar-refractivity contribution is 0.420. The SMILES string of the molecule is CCCNC(c1cc(C)cc(C)c1)C(C)(C)S(C)(=O)=O. The van der Waals surface area contributed by atoms with Crippen LogP contribution >= 0.6 is 0 Å². The van der Waals surface area contributed by atoms with Gasteiger partial charge in [0.2, 0.25) is 0 Å². The maximum absolute atomic E-state index is 12.2. The van der Waals surface area contributed by atoms with E-state index in [-0.39, 0.29) is 6.04 Å². The molecule has 1 aromatic rings. The van der Waals surface area contributed by atoms with E-state index in [0.29, 0.717) is 0 Å². The molecule has 0 saturated carbocycles. The minimum Gasteiger partial charge on any atom is -0.309 e. The Morgan fingerprint density at radius 2 is 1.65 bits per heavy atom. The first-order chi connectivity index (χ1) is 9.09. The van der Waals surface area contributed by atoms with Gasteiger partial charge < -0.3 is 5.32 Å². The van der Waals surface area contributed by atoms with Crippen LogP contribution in [0.25, 0.3) is 0 Å². The molecule has 0 bridgehead atoms. The molecule has 0 aromatic heterocycles. The van der Waals surface area contributed by atoms with Crippen LogP contribution in [0.5, 0.6) is 0 Å². The van der Waals surface area contributed by atoms with Crippen molar-refractivity contribution in [3.05, 3.63) is 34.9 Å². The van der Waals surface area contributed by atoms with Gasteiger partial charge in [-0.15, -0.1) is 0 Å². The minimum atomic E-state index is -3.17. The molecule has 1 rings (SSSR count). The predicted molar refractivity (Wildman–Crippen MR) is 85.9 cm³/mol. The Morgan fingerprint density at radius 3 is 2.05 bits per heavy atom. The molecule has 0 fully saturated rings. The van der Waals surface area contributed by atoms with Gasteiger partial charge in [0.1, 0.15) is 0 Å². The van der Waals surface area contributed by atoms with Crippen LogP contribution in [0.1, 0.15) is 49.9 Å². The van der Waals surface area contributed by atoms with Gasteiger partial charge in [-0.1, -0.05) is 36.2 Å². The summed E-state index contributed by atoms with van der Waals surface area (Å²) >= 11 is 0. The molecule has 4 heteroatoms. The lowest BCUT2D eigenvalue weighted by atomic mass is 9.92. The van der Waals surface area contributed by atoms with Crippen molar-refractivity contribution in [3.8, 4) is 0 Å². The topological polar surface area (TPSA) is 46.2 Å². The van der Waals surface area contributed by atoms with E-state index in [1.165, 1.54) is 6.26 Å². The molecule has 0 aliphatic carbocycles. The molecule has 0 aliphatic rings. The zero-order chi connectivity index (χ0) is 15.6. The Morgan fingerprint density at radius 1 is 1.15 bits per heavy atom. The van der Waals surface area contributed by atoms with E-state index in [2.05, 4.69) is 30.4 Å². The summed E-state index contributed by atoms with van der Waals surface area (Å²) in [6.07, 6.45) is 2.29. The van der Waals surface area contributed by atoms with E-state index in [9.17, 15) is 8.42 Å². The fourth-order valence-electron chi connectivity index (χ4n) is 2.44. The van der Waals surface area contributed by atoms with Crippen molar-refractivity contribution < 1.29 is 8.42 Å². The largest absolute Gasteiger partial charge is 0.309 e. The van der Waals surface area contributed by atoms with E-state index < -0.39 is 14.6 Å². The van der Waals surface area contributed by atoms with Crippen molar-refractivity contribution >= 4 is 9.84 Å². The highest BCUT2D eigenvalue weighted by Crippen LogP contribution is 2.33. The minimum absolute atomic E-state index is 0.198. The van der Waals surface area contributed by atoms with Gasteiger partial charge in [-0.05, 0) is 46.2 Å². The summed E-state index contributed by atoms with van der Waals surface area (Å²) in [6, 6.07) is 6.06. The maximum atomic E-state index is 12.2. The molecule has 0 spiro atoms. The predicted octanol–water partition coefficient (Wildman–Crippen LogP) is 3.17. The summed E-state index contributed by atoms with van der Waals surface area (Å²) in [5.74, 6) is 0. The number of nitrogens with one attached hydrogen (secondary N) is 1. The normalized spacial score (nSPS) is 14.3. The Bertz CT molecular complexity index is 542. The van der Waals surface area contributed by atoms with Crippen LogP contribution < -0.4 is 5.32 Å². The average molecular weight is 297 g/mol. The Kier molecular flexibility index (Phi) is 5.39. The summed E-state index contributed by atoms with van der Waals surface area (Å²) in [5, 5.41) is 3.41.